The number of hydrogen-bond donors (Lipinski definition) is 1. The van der Waals surface area contributed by atoms with E-state index in [0.29, 0.717) is 18.3 Å². The summed E-state index contributed by atoms with van der Waals surface area (Å²) in [7, 11) is 0. The summed E-state index contributed by atoms with van der Waals surface area (Å²) in [5.41, 5.74) is 0.414. The van der Waals surface area contributed by atoms with Gasteiger partial charge in [-0.2, -0.15) is 9.77 Å². The predicted octanol–water partition coefficient (Wildman–Crippen LogP) is 1.46. The van der Waals surface area contributed by atoms with Crippen LogP contribution in [0, 0.1) is 0 Å². The van der Waals surface area contributed by atoms with Crippen LogP contribution in [0.1, 0.15) is 13.8 Å². The first-order valence-electron chi connectivity index (χ1n) is 5.63. The van der Waals surface area contributed by atoms with E-state index < -0.39 is 5.69 Å². The quantitative estimate of drug-likeness (QED) is 0.658. The minimum Gasteiger partial charge on any atom is -0.480 e. The zero-order valence-electron chi connectivity index (χ0n) is 10.3. The van der Waals surface area contributed by atoms with Gasteiger partial charge in [-0.15, -0.1) is 5.10 Å². The van der Waals surface area contributed by atoms with Crippen molar-refractivity contribution in [1.29, 1.82) is 0 Å². The van der Waals surface area contributed by atoms with Crippen molar-refractivity contribution in [2.75, 3.05) is 6.61 Å². The van der Waals surface area contributed by atoms with Crippen molar-refractivity contribution < 1.29 is 4.74 Å². The fourth-order valence-electron chi connectivity index (χ4n) is 1.54. The lowest BCUT2D eigenvalue weighted by atomic mass is 10.2. The van der Waals surface area contributed by atoms with Gasteiger partial charge < -0.3 is 4.74 Å². The van der Waals surface area contributed by atoms with Gasteiger partial charge in [0.15, 0.2) is 5.82 Å². The summed E-state index contributed by atoms with van der Waals surface area (Å²) in [6.45, 7) is 4.05. The van der Waals surface area contributed by atoms with Gasteiger partial charge in [0.1, 0.15) is 0 Å². The number of rotatable bonds is 3. The molecule has 2 rings (SSSR count). The molecule has 0 spiro atoms. The lowest BCUT2D eigenvalue weighted by Gasteiger charge is -2.03. The number of ether oxygens (including phenoxy) is 1. The lowest BCUT2D eigenvalue weighted by molar-refractivity contribution is 0.321. The summed E-state index contributed by atoms with van der Waals surface area (Å²) in [6, 6.07) is 9.36. The molecule has 0 fully saturated rings. The molecule has 0 aliphatic heterocycles. The highest BCUT2D eigenvalue weighted by molar-refractivity contribution is 5.73. The Morgan fingerprint density at radius 3 is 2.83 bits per heavy atom. The average molecular weight is 246 g/mol. The maximum absolute atomic E-state index is 11.6. The predicted molar refractivity (Wildman–Crippen MR) is 68.4 cm³/mol. The summed E-state index contributed by atoms with van der Waals surface area (Å²) < 4.78 is 6.40. The van der Waals surface area contributed by atoms with E-state index in [1.54, 1.807) is 6.92 Å². The molecular formula is C12H14N4O2. The normalized spacial score (nSPS) is 11.6. The van der Waals surface area contributed by atoms with Gasteiger partial charge in [-0.3, -0.25) is 0 Å². The first-order chi connectivity index (χ1) is 8.72. The highest BCUT2D eigenvalue weighted by Crippen LogP contribution is 2.13. The molecule has 0 atom stereocenters. The van der Waals surface area contributed by atoms with E-state index in [4.69, 9.17) is 4.74 Å². The molecule has 0 amide bonds. The van der Waals surface area contributed by atoms with E-state index >= 15 is 0 Å². The Labute approximate surface area is 104 Å². The molecule has 94 valence electrons. The van der Waals surface area contributed by atoms with E-state index in [2.05, 4.69) is 15.3 Å². The fourth-order valence-corrected chi connectivity index (χ4v) is 1.54. The molecule has 6 nitrogen and oxygen atoms in total. The molecule has 0 unspecified atom stereocenters. The average Bonchev–Trinajstić information content (AvgIpc) is 2.73. The summed E-state index contributed by atoms with van der Waals surface area (Å²) in [4.78, 5) is 11.6. The summed E-state index contributed by atoms with van der Waals surface area (Å²) in [5.74, 6) is 0.873. The van der Waals surface area contributed by atoms with Gasteiger partial charge in [0.25, 0.3) is 0 Å². The SMILES string of the molecule is CCO/C(C)=N\n1c(-c2ccccc2)n[nH]c1=O. The van der Waals surface area contributed by atoms with Gasteiger partial charge in [0, 0.05) is 12.5 Å². The maximum Gasteiger partial charge on any atom is 0.364 e. The van der Waals surface area contributed by atoms with Crippen molar-refractivity contribution in [2.24, 2.45) is 5.10 Å². The van der Waals surface area contributed by atoms with Crippen LogP contribution in [0.15, 0.2) is 40.2 Å². The van der Waals surface area contributed by atoms with Crippen molar-refractivity contribution in [3.8, 4) is 11.4 Å². The van der Waals surface area contributed by atoms with Crippen LogP contribution in [0.5, 0.6) is 0 Å². The largest absolute Gasteiger partial charge is 0.480 e. The number of aromatic amines is 1. The highest BCUT2D eigenvalue weighted by atomic mass is 16.5. The molecule has 0 saturated carbocycles. The third-order valence-corrected chi connectivity index (χ3v) is 2.28. The van der Waals surface area contributed by atoms with E-state index in [0.717, 1.165) is 5.56 Å². The second kappa shape index (κ2) is 5.31. The first kappa shape index (κ1) is 12.1. The minimum atomic E-state index is -0.395. The number of hydrogen-bond acceptors (Lipinski definition) is 4. The Bertz CT molecular complexity index is 598. The number of benzene rings is 1. The number of nitrogens with one attached hydrogen (secondary N) is 1. The van der Waals surface area contributed by atoms with Crippen LogP contribution < -0.4 is 5.69 Å². The molecule has 0 saturated heterocycles. The summed E-state index contributed by atoms with van der Waals surface area (Å²) in [5, 5.41) is 10.4. The highest BCUT2D eigenvalue weighted by Gasteiger charge is 2.09. The molecule has 0 aliphatic rings. The van der Waals surface area contributed by atoms with E-state index in [-0.39, 0.29) is 0 Å². The Morgan fingerprint density at radius 1 is 1.44 bits per heavy atom. The zero-order chi connectivity index (χ0) is 13.0. The Hall–Kier alpha value is -2.37. The third kappa shape index (κ3) is 2.48. The number of aromatic nitrogens is 3. The Kier molecular flexibility index (Phi) is 3.57. The topological polar surface area (TPSA) is 72.3 Å². The third-order valence-electron chi connectivity index (χ3n) is 2.28. The first-order valence-corrected chi connectivity index (χ1v) is 5.63. The number of H-pyrrole nitrogens is 1. The number of nitrogens with zero attached hydrogens (tertiary/aromatic N) is 3. The van der Waals surface area contributed by atoms with Crippen molar-refractivity contribution in [1.82, 2.24) is 14.9 Å². The molecule has 0 radical (unpaired) electrons. The van der Waals surface area contributed by atoms with E-state index in [9.17, 15) is 4.79 Å². The van der Waals surface area contributed by atoms with Crippen LogP contribution in [0.25, 0.3) is 11.4 Å². The van der Waals surface area contributed by atoms with Gasteiger partial charge in [-0.25, -0.2) is 9.89 Å². The second-order valence-electron chi connectivity index (χ2n) is 3.58. The van der Waals surface area contributed by atoms with E-state index in [1.807, 2.05) is 37.3 Å². The molecular weight excluding hydrogens is 232 g/mol. The van der Waals surface area contributed by atoms with Crippen LogP contribution >= 0.6 is 0 Å². The summed E-state index contributed by atoms with van der Waals surface area (Å²) >= 11 is 0. The lowest BCUT2D eigenvalue weighted by Crippen LogP contribution is -2.16. The van der Waals surface area contributed by atoms with Crippen LogP contribution in [0.4, 0.5) is 0 Å². The monoisotopic (exact) mass is 246 g/mol. The van der Waals surface area contributed by atoms with Gasteiger partial charge in [0.2, 0.25) is 5.90 Å². The van der Waals surface area contributed by atoms with Crippen LogP contribution in [0.2, 0.25) is 0 Å². The molecule has 2 aromatic rings. The van der Waals surface area contributed by atoms with Crippen molar-refractivity contribution in [3.05, 3.63) is 40.8 Å². The second-order valence-corrected chi connectivity index (χ2v) is 3.58. The molecule has 1 N–H and O–H groups in total. The van der Waals surface area contributed by atoms with Gasteiger partial charge in [-0.1, -0.05) is 30.3 Å². The molecule has 1 aromatic carbocycles. The van der Waals surface area contributed by atoms with Crippen LogP contribution in [-0.4, -0.2) is 27.4 Å². The molecule has 6 heteroatoms. The smallest absolute Gasteiger partial charge is 0.364 e. The summed E-state index contributed by atoms with van der Waals surface area (Å²) in [6.07, 6.45) is 0. The van der Waals surface area contributed by atoms with Crippen LogP contribution in [-0.2, 0) is 4.74 Å². The van der Waals surface area contributed by atoms with Crippen LogP contribution in [0.3, 0.4) is 0 Å². The molecule has 18 heavy (non-hydrogen) atoms. The van der Waals surface area contributed by atoms with Gasteiger partial charge >= 0.3 is 5.69 Å². The van der Waals surface area contributed by atoms with Gasteiger partial charge in [-0.05, 0) is 6.92 Å². The Morgan fingerprint density at radius 2 is 2.17 bits per heavy atom. The van der Waals surface area contributed by atoms with Gasteiger partial charge in [0.05, 0.1) is 6.61 Å². The van der Waals surface area contributed by atoms with Crippen molar-refractivity contribution in [2.45, 2.75) is 13.8 Å². The van der Waals surface area contributed by atoms with Crippen molar-refractivity contribution in [3.63, 3.8) is 0 Å². The zero-order valence-corrected chi connectivity index (χ0v) is 10.3. The molecule has 0 aliphatic carbocycles. The maximum atomic E-state index is 11.6. The molecule has 1 aromatic heterocycles. The standard InChI is InChI=1S/C12H14N4O2/c1-3-18-9(2)15-16-11(13-14-12(16)17)10-7-5-4-6-8-10/h4-8H,3H2,1-2H3,(H,14,17)/b15-9-. The molecule has 1 heterocycles. The Balaban J connectivity index is 2.46. The van der Waals surface area contributed by atoms with E-state index in [1.165, 1.54) is 4.68 Å². The fraction of sp³-hybridized carbons (Fsp3) is 0.250. The van der Waals surface area contributed by atoms with Crippen molar-refractivity contribution >= 4 is 5.90 Å². The minimum absolute atomic E-state index is 0.395. The molecule has 0 bridgehead atoms.